The topological polar surface area (TPSA) is 73.2 Å². The van der Waals surface area contributed by atoms with Crippen molar-refractivity contribution in [3.63, 3.8) is 0 Å². The average molecular weight is 343 g/mol. The largest absolute Gasteiger partial charge is 0.452 e. The highest BCUT2D eigenvalue weighted by molar-refractivity contribution is 5.91. The molecule has 2 aromatic rings. The van der Waals surface area contributed by atoms with E-state index in [9.17, 15) is 9.59 Å². The van der Waals surface area contributed by atoms with E-state index in [0.29, 0.717) is 5.56 Å². The summed E-state index contributed by atoms with van der Waals surface area (Å²) in [6.07, 6.45) is 1.89. The lowest BCUT2D eigenvalue weighted by Crippen LogP contribution is -2.35. The average Bonchev–Trinajstić information content (AvgIpc) is 2.91. The fourth-order valence-corrected chi connectivity index (χ4v) is 2.67. The molecule has 1 N–H and O–H groups in total. The number of aryl methyl sites for hydroxylation is 2. The summed E-state index contributed by atoms with van der Waals surface area (Å²) in [6, 6.07) is 9.02. The molecular formula is C19H25N3O3. The van der Waals surface area contributed by atoms with E-state index in [-0.39, 0.29) is 18.6 Å². The Labute approximate surface area is 148 Å². The summed E-state index contributed by atoms with van der Waals surface area (Å²) in [7, 11) is 0. The number of nitrogens with zero attached hydrogens (tertiary/aromatic N) is 2. The van der Waals surface area contributed by atoms with Crippen LogP contribution in [0.1, 0.15) is 48.4 Å². The van der Waals surface area contributed by atoms with E-state index < -0.39 is 5.97 Å². The Morgan fingerprint density at radius 2 is 1.92 bits per heavy atom. The van der Waals surface area contributed by atoms with Crippen LogP contribution in [0.5, 0.6) is 0 Å². The summed E-state index contributed by atoms with van der Waals surface area (Å²) < 4.78 is 6.88. The highest BCUT2D eigenvalue weighted by Crippen LogP contribution is 2.13. The molecule has 0 aliphatic heterocycles. The van der Waals surface area contributed by atoms with Crippen molar-refractivity contribution in [3.05, 3.63) is 47.3 Å². The van der Waals surface area contributed by atoms with Crippen molar-refractivity contribution in [3.8, 4) is 5.69 Å². The number of esters is 1. The van der Waals surface area contributed by atoms with Crippen LogP contribution in [0.2, 0.25) is 0 Å². The first-order valence-electron chi connectivity index (χ1n) is 8.51. The second-order valence-corrected chi connectivity index (χ2v) is 6.22. The van der Waals surface area contributed by atoms with Gasteiger partial charge in [-0.2, -0.15) is 5.10 Å². The number of carbonyl (C=O) groups is 2. The van der Waals surface area contributed by atoms with E-state index in [1.165, 1.54) is 0 Å². The first kappa shape index (κ1) is 18.7. The van der Waals surface area contributed by atoms with E-state index in [4.69, 9.17) is 4.74 Å². The van der Waals surface area contributed by atoms with Crippen LogP contribution in [-0.4, -0.2) is 34.3 Å². The molecule has 0 bridgehead atoms. The zero-order valence-corrected chi connectivity index (χ0v) is 15.2. The summed E-state index contributed by atoms with van der Waals surface area (Å²) in [6.45, 7) is 7.62. The van der Waals surface area contributed by atoms with Crippen LogP contribution in [0.3, 0.4) is 0 Å². The molecule has 1 amide bonds. The maximum atomic E-state index is 12.1. The number of hydrogen-bond donors (Lipinski definition) is 1. The van der Waals surface area contributed by atoms with Crippen LogP contribution in [0, 0.1) is 13.8 Å². The van der Waals surface area contributed by atoms with Gasteiger partial charge in [0, 0.05) is 11.7 Å². The van der Waals surface area contributed by atoms with Gasteiger partial charge >= 0.3 is 5.97 Å². The Balaban J connectivity index is 1.92. The Morgan fingerprint density at radius 3 is 2.48 bits per heavy atom. The quantitative estimate of drug-likeness (QED) is 0.785. The van der Waals surface area contributed by atoms with Crippen molar-refractivity contribution in [2.24, 2.45) is 0 Å². The van der Waals surface area contributed by atoms with Crippen LogP contribution in [-0.2, 0) is 9.53 Å². The molecule has 1 atom stereocenters. The van der Waals surface area contributed by atoms with Crippen molar-refractivity contribution < 1.29 is 14.3 Å². The number of nitrogens with one attached hydrogen (secondary N) is 1. The van der Waals surface area contributed by atoms with E-state index >= 15 is 0 Å². The molecule has 6 nitrogen and oxygen atoms in total. The van der Waals surface area contributed by atoms with Crippen molar-refractivity contribution >= 4 is 11.9 Å². The molecule has 1 aromatic heterocycles. The fraction of sp³-hybridized carbons (Fsp3) is 0.421. The molecule has 0 saturated carbocycles. The molecule has 25 heavy (non-hydrogen) atoms. The van der Waals surface area contributed by atoms with Gasteiger partial charge in [0.2, 0.25) is 0 Å². The van der Waals surface area contributed by atoms with Crippen molar-refractivity contribution in [2.45, 2.75) is 46.6 Å². The third-order valence-corrected chi connectivity index (χ3v) is 3.82. The minimum Gasteiger partial charge on any atom is -0.452 e. The van der Waals surface area contributed by atoms with E-state index in [1.54, 1.807) is 24.3 Å². The number of ether oxygens (including phenoxy) is 1. The first-order valence-corrected chi connectivity index (χ1v) is 8.51. The van der Waals surface area contributed by atoms with Gasteiger partial charge in [0.05, 0.1) is 16.9 Å². The Bertz CT molecular complexity index is 735. The summed E-state index contributed by atoms with van der Waals surface area (Å²) in [5.41, 5.74) is 3.22. The monoisotopic (exact) mass is 343 g/mol. The Hall–Kier alpha value is -2.63. The minimum absolute atomic E-state index is 0.0799. The summed E-state index contributed by atoms with van der Waals surface area (Å²) in [5, 5.41) is 7.20. The lowest BCUT2D eigenvalue weighted by Gasteiger charge is -2.12. The van der Waals surface area contributed by atoms with Crippen molar-refractivity contribution in [1.82, 2.24) is 15.1 Å². The molecule has 0 radical (unpaired) electrons. The van der Waals surface area contributed by atoms with E-state index in [1.807, 2.05) is 31.5 Å². The molecular weight excluding hydrogens is 318 g/mol. The predicted octanol–water partition coefficient (Wildman–Crippen LogP) is 2.95. The zero-order valence-electron chi connectivity index (χ0n) is 15.2. The molecule has 1 heterocycles. The number of aromatic nitrogens is 2. The zero-order chi connectivity index (χ0) is 18.4. The molecule has 0 aliphatic carbocycles. The van der Waals surface area contributed by atoms with Gasteiger partial charge in [0.15, 0.2) is 6.61 Å². The lowest BCUT2D eigenvalue weighted by atomic mass is 10.2. The third-order valence-electron chi connectivity index (χ3n) is 3.82. The minimum atomic E-state index is -0.516. The van der Waals surface area contributed by atoms with Crippen molar-refractivity contribution in [1.29, 1.82) is 0 Å². The number of amides is 1. The van der Waals surface area contributed by atoms with Gasteiger partial charge in [-0.25, -0.2) is 9.48 Å². The van der Waals surface area contributed by atoms with E-state index in [2.05, 4.69) is 17.3 Å². The predicted molar refractivity (Wildman–Crippen MR) is 95.8 cm³/mol. The normalized spacial score (nSPS) is 11.8. The van der Waals surface area contributed by atoms with Crippen LogP contribution < -0.4 is 5.32 Å². The summed E-state index contributed by atoms with van der Waals surface area (Å²) >= 11 is 0. The molecule has 6 heteroatoms. The highest BCUT2D eigenvalue weighted by Gasteiger charge is 2.12. The van der Waals surface area contributed by atoms with Gasteiger partial charge in [-0.15, -0.1) is 0 Å². The van der Waals surface area contributed by atoms with Gasteiger partial charge in [0.1, 0.15) is 0 Å². The summed E-state index contributed by atoms with van der Waals surface area (Å²) in [5.74, 6) is -0.799. The standard InChI is InChI=1S/C19H25N3O3/c1-5-6-13(2)20-18(23)12-25-19(24)16-7-9-17(10-8-16)22-15(4)11-14(3)21-22/h7-11,13H,5-6,12H2,1-4H3,(H,20,23)/t13-/m1/s1. The SMILES string of the molecule is CCC[C@@H](C)NC(=O)COC(=O)c1ccc(-n2nc(C)cc2C)cc1. The maximum Gasteiger partial charge on any atom is 0.338 e. The molecule has 134 valence electrons. The number of carbonyl (C=O) groups excluding carboxylic acids is 2. The second-order valence-electron chi connectivity index (χ2n) is 6.22. The van der Waals surface area contributed by atoms with Gasteiger partial charge in [-0.3, -0.25) is 4.79 Å². The molecule has 2 rings (SSSR count). The van der Waals surface area contributed by atoms with Gasteiger partial charge in [-0.1, -0.05) is 13.3 Å². The Morgan fingerprint density at radius 1 is 1.24 bits per heavy atom. The smallest absolute Gasteiger partial charge is 0.338 e. The molecule has 0 aliphatic rings. The highest BCUT2D eigenvalue weighted by atomic mass is 16.5. The number of benzene rings is 1. The fourth-order valence-electron chi connectivity index (χ4n) is 2.67. The van der Waals surface area contributed by atoms with Crippen molar-refractivity contribution in [2.75, 3.05) is 6.61 Å². The molecule has 1 aromatic carbocycles. The van der Waals surface area contributed by atoms with Gasteiger partial charge < -0.3 is 10.1 Å². The van der Waals surface area contributed by atoms with Crippen LogP contribution >= 0.6 is 0 Å². The van der Waals surface area contributed by atoms with Gasteiger partial charge in [-0.05, 0) is 57.5 Å². The maximum absolute atomic E-state index is 12.1. The molecule has 0 unspecified atom stereocenters. The Kier molecular flexibility index (Phi) is 6.33. The van der Waals surface area contributed by atoms with Crippen LogP contribution in [0.15, 0.2) is 30.3 Å². The number of hydrogen-bond acceptors (Lipinski definition) is 4. The van der Waals surface area contributed by atoms with Gasteiger partial charge in [0.25, 0.3) is 5.91 Å². The number of rotatable bonds is 7. The molecule has 0 fully saturated rings. The van der Waals surface area contributed by atoms with Crippen LogP contribution in [0.4, 0.5) is 0 Å². The second kappa shape index (κ2) is 8.46. The van der Waals surface area contributed by atoms with Crippen LogP contribution in [0.25, 0.3) is 5.69 Å². The lowest BCUT2D eigenvalue weighted by molar-refractivity contribution is -0.124. The first-order chi connectivity index (χ1) is 11.9. The third kappa shape index (κ3) is 5.17. The molecule has 0 saturated heterocycles. The summed E-state index contributed by atoms with van der Waals surface area (Å²) in [4.78, 5) is 23.8. The van der Waals surface area contributed by atoms with E-state index in [0.717, 1.165) is 29.9 Å². The molecule has 0 spiro atoms.